The quantitative estimate of drug-likeness (QED) is 0.946. The fourth-order valence-electron chi connectivity index (χ4n) is 1.38. The van der Waals surface area contributed by atoms with Crippen LogP contribution in [0.4, 0.5) is 4.39 Å². The number of ether oxygens (including phenoxy) is 1. The van der Waals surface area contributed by atoms with E-state index in [-0.39, 0.29) is 5.82 Å². The first kappa shape index (κ1) is 12.0. The molecule has 0 radical (unpaired) electrons. The van der Waals surface area contributed by atoms with Crippen molar-refractivity contribution in [2.75, 3.05) is 0 Å². The maximum absolute atomic E-state index is 13.2. The van der Waals surface area contributed by atoms with Gasteiger partial charge >= 0.3 is 0 Å². The summed E-state index contributed by atoms with van der Waals surface area (Å²) in [5.74, 6) is 0.635. The molecule has 0 spiro atoms. The molecule has 0 unspecified atom stereocenters. The van der Waals surface area contributed by atoms with Crippen molar-refractivity contribution in [3.63, 3.8) is 0 Å². The van der Waals surface area contributed by atoms with Gasteiger partial charge in [-0.1, -0.05) is 15.9 Å². The Bertz CT molecular complexity index is 513. The van der Waals surface area contributed by atoms with Gasteiger partial charge in [0.2, 0.25) is 0 Å². The highest BCUT2D eigenvalue weighted by Gasteiger charge is 2.05. The van der Waals surface area contributed by atoms with Gasteiger partial charge in [0.05, 0.1) is 0 Å². The van der Waals surface area contributed by atoms with Crippen molar-refractivity contribution in [2.24, 2.45) is 5.73 Å². The predicted octanol–water partition coefficient (Wildman–Crippen LogP) is 3.23. The van der Waals surface area contributed by atoms with Crippen molar-refractivity contribution in [1.82, 2.24) is 4.98 Å². The summed E-state index contributed by atoms with van der Waals surface area (Å²) in [5, 5.41) is 0. The molecule has 17 heavy (non-hydrogen) atoms. The smallest absolute Gasteiger partial charge is 0.134 e. The van der Waals surface area contributed by atoms with Gasteiger partial charge in [-0.25, -0.2) is 4.39 Å². The minimum Gasteiger partial charge on any atom is -0.457 e. The summed E-state index contributed by atoms with van der Waals surface area (Å²) in [7, 11) is 0. The summed E-state index contributed by atoms with van der Waals surface area (Å²) in [4.78, 5) is 3.95. The van der Waals surface area contributed by atoms with Gasteiger partial charge in [-0.15, -0.1) is 0 Å². The number of halogens is 2. The summed E-state index contributed by atoms with van der Waals surface area (Å²) in [6.07, 6.45) is 3.23. The van der Waals surface area contributed by atoms with E-state index in [4.69, 9.17) is 10.5 Å². The molecular weight excluding hydrogens is 287 g/mol. The second kappa shape index (κ2) is 5.25. The molecule has 0 saturated carbocycles. The van der Waals surface area contributed by atoms with E-state index in [9.17, 15) is 4.39 Å². The van der Waals surface area contributed by atoms with Crippen LogP contribution in [-0.4, -0.2) is 4.98 Å². The summed E-state index contributed by atoms with van der Waals surface area (Å²) in [5.41, 5.74) is 6.33. The molecule has 2 aromatic rings. The second-order valence-electron chi connectivity index (χ2n) is 3.39. The molecule has 0 fully saturated rings. The molecule has 0 bridgehead atoms. The number of nitrogens with zero attached hydrogens (tertiary/aromatic N) is 1. The van der Waals surface area contributed by atoms with Crippen molar-refractivity contribution in [3.8, 4) is 11.5 Å². The van der Waals surface area contributed by atoms with Crippen LogP contribution in [0.25, 0.3) is 0 Å². The molecule has 1 aromatic carbocycles. The number of hydrogen-bond donors (Lipinski definition) is 1. The molecule has 0 atom stereocenters. The second-order valence-corrected chi connectivity index (χ2v) is 4.31. The van der Waals surface area contributed by atoms with Crippen LogP contribution >= 0.6 is 15.9 Å². The fraction of sp³-hybridized carbons (Fsp3) is 0.0833. The van der Waals surface area contributed by atoms with E-state index < -0.39 is 0 Å². The SMILES string of the molecule is NCc1cnccc1Oc1cc(F)cc(Br)c1. The summed E-state index contributed by atoms with van der Waals surface area (Å²) in [6, 6.07) is 6.06. The molecule has 0 saturated heterocycles. The largest absolute Gasteiger partial charge is 0.457 e. The number of hydrogen-bond acceptors (Lipinski definition) is 3. The lowest BCUT2D eigenvalue weighted by molar-refractivity contribution is 0.469. The lowest BCUT2D eigenvalue weighted by Gasteiger charge is -2.09. The Labute approximate surface area is 107 Å². The highest BCUT2D eigenvalue weighted by molar-refractivity contribution is 9.10. The number of rotatable bonds is 3. The molecule has 1 aromatic heterocycles. The third kappa shape index (κ3) is 3.01. The molecule has 1 heterocycles. The van der Waals surface area contributed by atoms with Crippen molar-refractivity contribution in [3.05, 3.63) is 52.5 Å². The topological polar surface area (TPSA) is 48.1 Å². The third-order valence-electron chi connectivity index (χ3n) is 2.14. The Morgan fingerprint density at radius 2 is 2.18 bits per heavy atom. The standard InChI is InChI=1S/C12H10BrFN2O/c13-9-3-10(14)5-11(4-9)17-12-1-2-16-7-8(12)6-15/h1-5,7H,6,15H2. The molecule has 0 amide bonds. The first-order valence-corrected chi connectivity index (χ1v) is 5.75. The normalized spacial score (nSPS) is 10.3. The number of benzene rings is 1. The van der Waals surface area contributed by atoms with Gasteiger partial charge in [-0.2, -0.15) is 0 Å². The molecule has 0 aliphatic heterocycles. The van der Waals surface area contributed by atoms with E-state index in [0.717, 1.165) is 5.56 Å². The first-order valence-electron chi connectivity index (χ1n) is 4.96. The van der Waals surface area contributed by atoms with Crippen LogP contribution in [0.15, 0.2) is 41.1 Å². The van der Waals surface area contributed by atoms with Gasteiger partial charge in [-0.3, -0.25) is 4.98 Å². The molecule has 2 N–H and O–H groups in total. The highest BCUT2D eigenvalue weighted by atomic mass is 79.9. The highest BCUT2D eigenvalue weighted by Crippen LogP contribution is 2.27. The van der Waals surface area contributed by atoms with E-state index in [0.29, 0.717) is 22.5 Å². The Hall–Kier alpha value is -1.46. The van der Waals surface area contributed by atoms with Gasteiger partial charge in [0.1, 0.15) is 17.3 Å². The van der Waals surface area contributed by atoms with E-state index in [2.05, 4.69) is 20.9 Å². The summed E-state index contributed by atoms with van der Waals surface area (Å²) in [6.45, 7) is 0.319. The number of pyridine rings is 1. The summed E-state index contributed by atoms with van der Waals surface area (Å²) >= 11 is 3.20. The summed E-state index contributed by atoms with van der Waals surface area (Å²) < 4.78 is 19.4. The number of aromatic nitrogens is 1. The minimum absolute atomic E-state index is 0.319. The Balaban J connectivity index is 2.31. The van der Waals surface area contributed by atoms with Crippen LogP contribution in [0.3, 0.4) is 0 Å². The maximum atomic E-state index is 13.2. The van der Waals surface area contributed by atoms with Gasteiger partial charge in [0.25, 0.3) is 0 Å². The maximum Gasteiger partial charge on any atom is 0.134 e. The van der Waals surface area contributed by atoms with E-state index in [1.165, 1.54) is 12.1 Å². The monoisotopic (exact) mass is 296 g/mol. The Kier molecular flexibility index (Phi) is 3.71. The lowest BCUT2D eigenvalue weighted by atomic mass is 10.2. The van der Waals surface area contributed by atoms with Crippen molar-refractivity contribution >= 4 is 15.9 Å². The number of nitrogens with two attached hydrogens (primary N) is 1. The average Bonchev–Trinajstić information content (AvgIpc) is 2.28. The van der Waals surface area contributed by atoms with Gasteiger partial charge < -0.3 is 10.5 Å². The van der Waals surface area contributed by atoms with Gasteiger partial charge in [-0.05, 0) is 18.2 Å². The molecular formula is C12H10BrFN2O. The van der Waals surface area contributed by atoms with Crippen LogP contribution < -0.4 is 10.5 Å². The molecule has 0 aliphatic carbocycles. The zero-order chi connectivity index (χ0) is 12.3. The fourth-order valence-corrected chi connectivity index (χ4v) is 1.83. The van der Waals surface area contributed by atoms with Crippen molar-refractivity contribution in [2.45, 2.75) is 6.54 Å². The van der Waals surface area contributed by atoms with Crippen molar-refractivity contribution < 1.29 is 9.13 Å². The predicted molar refractivity (Wildman–Crippen MR) is 66.3 cm³/mol. The van der Waals surface area contributed by atoms with Crippen LogP contribution in [0, 0.1) is 5.82 Å². The Morgan fingerprint density at radius 3 is 2.88 bits per heavy atom. The van der Waals surface area contributed by atoms with E-state index in [1.807, 2.05) is 0 Å². The van der Waals surface area contributed by atoms with Gasteiger partial charge in [0.15, 0.2) is 0 Å². The van der Waals surface area contributed by atoms with Crippen LogP contribution in [-0.2, 0) is 6.54 Å². The molecule has 3 nitrogen and oxygen atoms in total. The van der Waals surface area contributed by atoms with Gasteiger partial charge in [0, 0.05) is 35.0 Å². The first-order chi connectivity index (χ1) is 8.19. The Morgan fingerprint density at radius 1 is 1.35 bits per heavy atom. The van der Waals surface area contributed by atoms with E-state index >= 15 is 0 Å². The molecule has 88 valence electrons. The van der Waals surface area contributed by atoms with Crippen LogP contribution in [0.2, 0.25) is 0 Å². The van der Waals surface area contributed by atoms with Crippen LogP contribution in [0.1, 0.15) is 5.56 Å². The van der Waals surface area contributed by atoms with Crippen molar-refractivity contribution in [1.29, 1.82) is 0 Å². The third-order valence-corrected chi connectivity index (χ3v) is 2.60. The molecule has 2 rings (SSSR count). The lowest BCUT2D eigenvalue weighted by Crippen LogP contribution is -2.00. The van der Waals surface area contributed by atoms with Crippen LogP contribution in [0.5, 0.6) is 11.5 Å². The average molecular weight is 297 g/mol. The molecule has 5 heteroatoms. The van der Waals surface area contributed by atoms with E-state index in [1.54, 1.807) is 24.5 Å². The molecule has 0 aliphatic rings. The zero-order valence-corrected chi connectivity index (χ0v) is 10.4. The minimum atomic E-state index is -0.363. The zero-order valence-electron chi connectivity index (χ0n) is 8.86.